The van der Waals surface area contributed by atoms with Crippen LogP contribution in [0.2, 0.25) is 0 Å². The molecule has 0 aliphatic heterocycles. The molecule has 1 N–H and O–H groups in total. The molecule has 17 heavy (non-hydrogen) atoms. The molecule has 0 saturated carbocycles. The molecule has 1 aromatic heterocycles. The molecule has 3 rings (SSSR count). The van der Waals surface area contributed by atoms with Gasteiger partial charge in [0, 0.05) is 21.4 Å². The molecular weight excluding hydrogens is 233 g/mol. The van der Waals surface area contributed by atoms with Crippen LogP contribution in [0.15, 0.2) is 64.5 Å². The zero-order valence-corrected chi connectivity index (χ0v) is 9.80. The molecule has 1 nitrogen and oxygen atoms in total. The first-order valence-corrected chi connectivity index (χ1v) is 6.15. The highest BCUT2D eigenvalue weighted by molar-refractivity contribution is 7.99. The van der Waals surface area contributed by atoms with Gasteiger partial charge in [-0.15, -0.1) is 0 Å². The van der Waals surface area contributed by atoms with Crippen molar-refractivity contribution in [2.75, 3.05) is 0 Å². The summed E-state index contributed by atoms with van der Waals surface area (Å²) < 4.78 is 13.5. The third kappa shape index (κ3) is 1.94. The standard InChI is InChI=1S/C14H10FNS/c15-12-8-4-7-11-13(9-16-14(11)12)17-10-5-2-1-3-6-10/h1-9,16H. The van der Waals surface area contributed by atoms with E-state index in [-0.39, 0.29) is 5.82 Å². The number of aromatic amines is 1. The zero-order chi connectivity index (χ0) is 11.7. The van der Waals surface area contributed by atoms with E-state index < -0.39 is 0 Å². The predicted octanol–water partition coefficient (Wildman–Crippen LogP) is 4.46. The van der Waals surface area contributed by atoms with Gasteiger partial charge in [0.2, 0.25) is 0 Å². The summed E-state index contributed by atoms with van der Waals surface area (Å²) in [7, 11) is 0. The van der Waals surface area contributed by atoms with Crippen LogP contribution in [0.4, 0.5) is 4.39 Å². The second-order valence-electron chi connectivity index (χ2n) is 3.73. The Morgan fingerprint density at radius 3 is 2.59 bits per heavy atom. The van der Waals surface area contributed by atoms with E-state index >= 15 is 0 Å². The largest absolute Gasteiger partial charge is 0.358 e. The van der Waals surface area contributed by atoms with Crippen LogP contribution in [0, 0.1) is 5.82 Å². The Morgan fingerprint density at radius 2 is 1.76 bits per heavy atom. The lowest BCUT2D eigenvalue weighted by molar-refractivity contribution is 0.637. The molecule has 84 valence electrons. The highest BCUT2D eigenvalue weighted by Crippen LogP contribution is 2.33. The molecule has 0 spiro atoms. The van der Waals surface area contributed by atoms with E-state index in [4.69, 9.17) is 0 Å². The fourth-order valence-corrected chi connectivity index (χ4v) is 2.74. The first-order valence-electron chi connectivity index (χ1n) is 5.33. The number of hydrogen-bond donors (Lipinski definition) is 1. The lowest BCUT2D eigenvalue weighted by Gasteiger charge is -1.99. The number of para-hydroxylation sites is 1. The van der Waals surface area contributed by atoms with E-state index in [0.29, 0.717) is 5.52 Å². The molecule has 0 saturated heterocycles. The third-order valence-corrected chi connectivity index (χ3v) is 3.66. The van der Waals surface area contributed by atoms with Crippen molar-refractivity contribution in [3.8, 4) is 0 Å². The number of halogens is 1. The Kier molecular flexibility index (Phi) is 2.61. The van der Waals surface area contributed by atoms with Crippen molar-refractivity contribution < 1.29 is 4.39 Å². The average Bonchev–Trinajstić information content (AvgIpc) is 2.76. The Hall–Kier alpha value is -1.74. The minimum absolute atomic E-state index is 0.206. The number of hydrogen-bond acceptors (Lipinski definition) is 1. The molecule has 0 atom stereocenters. The van der Waals surface area contributed by atoms with Gasteiger partial charge in [-0.25, -0.2) is 4.39 Å². The molecular formula is C14H10FNS. The summed E-state index contributed by atoms with van der Waals surface area (Å²) in [6.45, 7) is 0. The topological polar surface area (TPSA) is 15.8 Å². The summed E-state index contributed by atoms with van der Waals surface area (Å²) in [6.07, 6.45) is 1.85. The summed E-state index contributed by atoms with van der Waals surface area (Å²) in [6, 6.07) is 15.2. The Balaban J connectivity index is 2.05. The smallest absolute Gasteiger partial charge is 0.147 e. The third-order valence-electron chi connectivity index (χ3n) is 2.60. The van der Waals surface area contributed by atoms with E-state index in [1.165, 1.54) is 6.07 Å². The van der Waals surface area contributed by atoms with Crippen LogP contribution in [0.3, 0.4) is 0 Å². The van der Waals surface area contributed by atoms with E-state index in [2.05, 4.69) is 4.98 Å². The number of nitrogens with one attached hydrogen (secondary N) is 1. The van der Waals surface area contributed by atoms with Crippen LogP contribution in [0.1, 0.15) is 0 Å². The van der Waals surface area contributed by atoms with Gasteiger partial charge in [0.05, 0.1) is 5.52 Å². The molecule has 0 radical (unpaired) electrons. The number of benzene rings is 2. The summed E-state index contributed by atoms with van der Waals surface area (Å²) in [4.78, 5) is 5.18. The lowest BCUT2D eigenvalue weighted by atomic mass is 10.2. The van der Waals surface area contributed by atoms with Crippen molar-refractivity contribution in [3.05, 3.63) is 60.5 Å². The molecule has 1 heterocycles. The van der Waals surface area contributed by atoms with E-state index in [1.807, 2.05) is 42.6 Å². The highest BCUT2D eigenvalue weighted by atomic mass is 32.2. The molecule has 0 aliphatic carbocycles. The van der Waals surface area contributed by atoms with Crippen LogP contribution < -0.4 is 0 Å². The SMILES string of the molecule is Fc1cccc2c(Sc3ccccc3)c[nH]c12. The fourth-order valence-electron chi connectivity index (χ4n) is 1.79. The molecule has 3 aromatic rings. The molecule has 3 heteroatoms. The molecule has 0 bridgehead atoms. The van der Waals surface area contributed by atoms with Gasteiger partial charge in [-0.2, -0.15) is 0 Å². The molecule has 0 unspecified atom stereocenters. The number of rotatable bonds is 2. The van der Waals surface area contributed by atoms with Crippen LogP contribution in [-0.2, 0) is 0 Å². The van der Waals surface area contributed by atoms with Gasteiger partial charge >= 0.3 is 0 Å². The summed E-state index contributed by atoms with van der Waals surface area (Å²) in [5.41, 5.74) is 0.575. The summed E-state index contributed by atoms with van der Waals surface area (Å²) >= 11 is 1.63. The fraction of sp³-hybridized carbons (Fsp3) is 0. The van der Waals surface area contributed by atoms with Crippen molar-refractivity contribution in [2.24, 2.45) is 0 Å². The number of H-pyrrole nitrogens is 1. The van der Waals surface area contributed by atoms with Crippen molar-refractivity contribution >= 4 is 22.7 Å². The highest BCUT2D eigenvalue weighted by Gasteiger charge is 2.07. The Labute approximate surface area is 103 Å². The second kappa shape index (κ2) is 4.26. The zero-order valence-electron chi connectivity index (χ0n) is 8.98. The first-order chi connectivity index (χ1) is 8.34. The lowest BCUT2D eigenvalue weighted by Crippen LogP contribution is -1.75. The van der Waals surface area contributed by atoms with Gasteiger partial charge in [-0.3, -0.25) is 0 Å². The van der Waals surface area contributed by atoms with Crippen molar-refractivity contribution in [3.63, 3.8) is 0 Å². The minimum atomic E-state index is -0.206. The summed E-state index contributed by atoms with van der Waals surface area (Å²) in [5.74, 6) is -0.206. The number of aromatic nitrogens is 1. The average molecular weight is 243 g/mol. The predicted molar refractivity (Wildman–Crippen MR) is 68.8 cm³/mol. The van der Waals surface area contributed by atoms with Gasteiger partial charge < -0.3 is 4.98 Å². The van der Waals surface area contributed by atoms with Crippen molar-refractivity contribution in [1.29, 1.82) is 0 Å². The van der Waals surface area contributed by atoms with Gasteiger partial charge in [0.15, 0.2) is 0 Å². The second-order valence-corrected chi connectivity index (χ2v) is 4.85. The van der Waals surface area contributed by atoms with E-state index in [1.54, 1.807) is 17.8 Å². The number of fused-ring (bicyclic) bond motifs is 1. The Bertz CT molecular complexity index is 646. The molecule has 2 aromatic carbocycles. The van der Waals surface area contributed by atoms with Crippen molar-refractivity contribution in [2.45, 2.75) is 9.79 Å². The maximum absolute atomic E-state index is 13.5. The maximum Gasteiger partial charge on any atom is 0.147 e. The maximum atomic E-state index is 13.5. The molecule has 0 amide bonds. The Morgan fingerprint density at radius 1 is 0.941 bits per heavy atom. The first kappa shape index (κ1) is 10.4. The van der Waals surface area contributed by atoms with E-state index in [9.17, 15) is 4.39 Å². The normalized spacial score (nSPS) is 10.9. The summed E-state index contributed by atoms with van der Waals surface area (Å²) in [5, 5.41) is 0.929. The molecule has 0 aliphatic rings. The van der Waals surface area contributed by atoms with Gasteiger partial charge in [0.25, 0.3) is 0 Å². The van der Waals surface area contributed by atoms with Crippen LogP contribution in [-0.4, -0.2) is 4.98 Å². The van der Waals surface area contributed by atoms with Gasteiger partial charge in [0.1, 0.15) is 5.82 Å². The van der Waals surface area contributed by atoms with Crippen LogP contribution in [0.5, 0.6) is 0 Å². The van der Waals surface area contributed by atoms with E-state index in [0.717, 1.165) is 15.2 Å². The van der Waals surface area contributed by atoms with Gasteiger partial charge in [-0.05, 0) is 18.2 Å². The monoisotopic (exact) mass is 243 g/mol. The van der Waals surface area contributed by atoms with Gasteiger partial charge in [-0.1, -0.05) is 42.1 Å². The van der Waals surface area contributed by atoms with Crippen molar-refractivity contribution in [1.82, 2.24) is 4.98 Å². The quantitative estimate of drug-likeness (QED) is 0.702. The minimum Gasteiger partial charge on any atom is -0.358 e. The van der Waals surface area contributed by atoms with Crippen LogP contribution >= 0.6 is 11.8 Å². The molecule has 0 fully saturated rings. The van der Waals surface area contributed by atoms with Crippen LogP contribution in [0.25, 0.3) is 10.9 Å².